The third-order valence-corrected chi connectivity index (χ3v) is 3.59. The summed E-state index contributed by atoms with van der Waals surface area (Å²) < 4.78 is 5.48. The summed E-state index contributed by atoms with van der Waals surface area (Å²) in [6, 6.07) is 5.07. The van der Waals surface area contributed by atoms with E-state index < -0.39 is 4.92 Å². The Kier molecular flexibility index (Phi) is 6.11. The van der Waals surface area contributed by atoms with Gasteiger partial charge >= 0.3 is 5.69 Å². The molecule has 0 amide bonds. The number of hydrogen-bond acceptors (Lipinski definition) is 5. The zero-order chi connectivity index (χ0) is 14.4. The van der Waals surface area contributed by atoms with Crippen LogP contribution in [0.5, 0.6) is 5.75 Å². The molecule has 0 aromatic heterocycles. The van der Waals surface area contributed by atoms with Crippen LogP contribution in [0.3, 0.4) is 0 Å². The molecule has 0 bridgehead atoms. The first-order chi connectivity index (χ1) is 8.95. The van der Waals surface area contributed by atoms with E-state index in [4.69, 9.17) is 9.84 Å². The zero-order valence-electron chi connectivity index (χ0n) is 11.3. The number of benzene rings is 1. The molecule has 0 spiro atoms. The molecular weight excluding hydrogens is 266 g/mol. The van der Waals surface area contributed by atoms with E-state index in [1.807, 2.05) is 20.8 Å². The molecule has 0 fully saturated rings. The van der Waals surface area contributed by atoms with Crippen molar-refractivity contribution in [2.75, 3.05) is 6.61 Å². The lowest BCUT2D eigenvalue weighted by Crippen LogP contribution is -2.08. The van der Waals surface area contributed by atoms with Gasteiger partial charge in [-0.05, 0) is 32.4 Å². The molecule has 1 N–H and O–H groups in total. The number of aliphatic hydroxyl groups excluding tert-OH is 1. The normalized spacial score (nSPS) is 12.5. The Morgan fingerprint density at radius 1 is 1.42 bits per heavy atom. The number of hydrogen-bond donors (Lipinski definition) is 1. The molecule has 1 rings (SSSR count). The average Bonchev–Trinajstić information content (AvgIpc) is 2.27. The third-order valence-electron chi connectivity index (χ3n) is 2.37. The van der Waals surface area contributed by atoms with Crippen molar-refractivity contribution >= 4 is 17.4 Å². The molecule has 1 aromatic carbocycles. The molecule has 6 heteroatoms. The summed E-state index contributed by atoms with van der Waals surface area (Å²) in [4.78, 5) is 11.4. The van der Waals surface area contributed by atoms with Gasteiger partial charge in [0.25, 0.3) is 0 Å². The predicted molar refractivity (Wildman–Crippen MR) is 75.9 cm³/mol. The van der Waals surface area contributed by atoms with Crippen LogP contribution in [-0.4, -0.2) is 28.0 Å². The lowest BCUT2D eigenvalue weighted by molar-refractivity contribution is -0.388. The van der Waals surface area contributed by atoms with Crippen molar-refractivity contribution in [3.8, 4) is 5.75 Å². The van der Waals surface area contributed by atoms with E-state index in [1.54, 1.807) is 18.2 Å². The molecule has 0 saturated carbocycles. The summed E-state index contributed by atoms with van der Waals surface area (Å²) in [5.41, 5.74) is 0.00555. The minimum atomic E-state index is -0.411. The molecular formula is C13H19NO4S. The average molecular weight is 285 g/mol. The minimum absolute atomic E-state index is 0.00555. The molecule has 5 nitrogen and oxygen atoms in total. The fourth-order valence-corrected chi connectivity index (χ4v) is 2.68. The summed E-state index contributed by atoms with van der Waals surface area (Å²) in [5.74, 6) is 0.293. The number of thioether (sulfide) groups is 1. The number of rotatable bonds is 7. The van der Waals surface area contributed by atoms with E-state index >= 15 is 0 Å². The molecule has 1 aromatic rings. The Labute approximate surface area is 117 Å². The smallest absolute Gasteiger partial charge is 0.324 e. The van der Waals surface area contributed by atoms with Gasteiger partial charge < -0.3 is 9.84 Å². The van der Waals surface area contributed by atoms with Crippen LogP contribution in [0.4, 0.5) is 5.69 Å². The fourth-order valence-electron chi connectivity index (χ4n) is 1.58. The largest absolute Gasteiger partial charge is 0.484 e. The van der Waals surface area contributed by atoms with E-state index in [-0.39, 0.29) is 23.6 Å². The molecule has 0 aliphatic heterocycles. The van der Waals surface area contributed by atoms with Gasteiger partial charge in [0, 0.05) is 11.9 Å². The van der Waals surface area contributed by atoms with E-state index in [2.05, 4.69) is 0 Å². The van der Waals surface area contributed by atoms with E-state index in [9.17, 15) is 10.1 Å². The van der Waals surface area contributed by atoms with Gasteiger partial charge in [-0.25, -0.2) is 0 Å². The van der Waals surface area contributed by atoms with E-state index in [1.165, 1.54) is 11.8 Å². The standard InChI is InChI=1S/C13H19NO4S/c1-9(2)18-11-5-4-6-12(13(11)14(16)17)19-10(3)7-8-15/h4-6,9-10,15H,7-8H2,1-3H3. The fraction of sp³-hybridized carbons (Fsp3) is 0.538. The van der Waals surface area contributed by atoms with Crippen LogP contribution in [-0.2, 0) is 0 Å². The maximum atomic E-state index is 11.2. The second kappa shape index (κ2) is 7.35. The van der Waals surface area contributed by atoms with Crippen molar-refractivity contribution in [1.82, 2.24) is 0 Å². The SMILES string of the molecule is CC(C)Oc1cccc(SC(C)CCO)c1[N+](=O)[O-]. The maximum absolute atomic E-state index is 11.2. The van der Waals surface area contributed by atoms with Crippen LogP contribution < -0.4 is 4.74 Å². The molecule has 0 radical (unpaired) electrons. The Hall–Kier alpha value is -1.27. The number of nitro benzene ring substituents is 1. The summed E-state index contributed by atoms with van der Waals surface area (Å²) >= 11 is 1.38. The van der Waals surface area contributed by atoms with E-state index in [0.717, 1.165) is 0 Å². The van der Waals surface area contributed by atoms with E-state index in [0.29, 0.717) is 17.1 Å². The van der Waals surface area contributed by atoms with Crippen LogP contribution in [0.25, 0.3) is 0 Å². The summed E-state index contributed by atoms with van der Waals surface area (Å²) in [6.07, 6.45) is 0.477. The number of nitrogens with zero attached hydrogens (tertiary/aromatic N) is 1. The number of para-hydroxylation sites is 1. The number of aliphatic hydroxyl groups is 1. The minimum Gasteiger partial charge on any atom is -0.484 e. The van der Waals surface area contributed by atoms with Crippen molar-refractivity contribution in [2.45, 2.75) is 43.4 Å². The predicted octanol–water partition coefficient (Wildman–Crippen LogP) is 3.25. The summed E-state index contributed by atoms with van der Waals surface area (Å²) in [7, 11) is 0. The van der Waals surface area contributed by atoms with Crippen molar-refractivity contribution in [3.63, 3.8) is 0 Å². The van der Waals surface area contributed by atoms with Crippen molar-refractivity contribution < 1.29 is 14.8 Å². The highest BCUT2D eigenvalue weighted by molar-refractivity contribution is 8.00. The van der Waals surface area contributed by atoms with Crippen LogP contribution in [0.2, 0.25) is 0 Å². The topological polar surface area (TPSA) is 72.6 Å². The zero-order valence-corrected chi connectivity index (χ0v) is 12.1. The Morgan fingerprint density at radius 3 is 2.63 bits per heavy atom. The molecule has 19 heavy (non-hydrogen) atoms. The number of ether oxygens (including phenoxy) is 1. The van der Waals surface area contributed by atoms with Gasteiger partial charge in [0.2, 0.25) is 0 Å². The third kappa shape index (κ3) is 4.72. The monoisotopic (exact) mass is 285 g/mol. The van der Waals surface area contributed by atoms with Gasteiger partial charge in [0.1, 0.15) is 0 Å². The van der Waals surface area contributed by atoms with Crippen LogP contribution in [0.15, 0.2) is 23.1 Å². The van der Waals surface area contributed by atoms with Crippen molar-refractivity contribution in [3.05, 3.63) is 28.3 Å². The van der Waals surface area contributed by atoms with Gasteiger partial charge in [0.05, 0.1) is 15.9 Å². The molecule has 106 valence electrons. The molecule has 0 aliphatic rings. The van der Waals surface area contributed by atoms with Crippen LogP contribution in [0.1, 0.15) is 27.2 Å². The number of nitro groups is 1. The highest BCUT2D eigenvalue weighted by Gasteiger charge is 2.23. The highest BCUT2D eigenvalue weighted by atomic mass is 32.2. The van der Waals surface area contributed by atoms with Gasteiger partial charge in [-0.15, -0.1) is 11.8 Å². The van der Waals surface area contributed by atoms with Crippen LogP contribution in [0, 0.1) is 10.1 Å². The summed E-state index contributed by atoms with van der Waals surface area (Å²) in [6.45, 7) is 5.67. The van der Waals surface area contributed by atoms with Gasteiger partial charge in [-0.1, -0.05) is 13.0 Å². The quantitative estimate of drug-likeness (QED) is 0.473. The lowest BCUT2D eigenvalue weighted by Gasteiger charge is -2.14. The second-order valence-corrected chi connectivity index (χ2v) is 5.95. The first-order valence-corrected chi connectivity index (χ1v) is 7.05. The Bertz CT molecular complexity index is 437. The van der Waals surface area contributed by atoms with Gasteiger partial charge in [0.15, 0.2) is 5.75 Å². The highest BCUT2D eigenvalue weighted by Crippen LogP contribution is 2.39. The molecule has 1 unspecified atom stereocenters. The maximum Gasteiger partial charge on any atom is 0.324 e. The first-order valence-electron chi connectivity index (χ1n) is 6.17. The van der Waals surface area contributed by atoms with Crippen LogP contribution >= 0.6 is 11.8 Å². The van der Waals surface area contributed by atoms with Crippen molar-refractivity contribution in [1.29, 1.82) is 0 Å². The Balaban J connectivity index is 3.06. The molecule has 0 aliphatic carbocycles. The molecule has 0 saturated heterocycles. The molecule has 1 atom stereocenters. The second-order valence-electron chi connectivity index (χ2n) is 4.47. The Morgan fingerprint density at radius 2 is 2.11 bits per heavy atom. The first kappa shape index (κ1) is 15.8. The summed E-state index contributed by atoms with van der Waals surface area (Å²) in [5, 5.41) is 20.2. The lowest BCUT2D eigenvalue weighted by atomic mass is 10.3. The van der Waals surface area contributed by atoms with Gasteiger partial charge in [-0.2, -0.15) is 0 Å². The molecule has 0 heterocycles. The van der Waals surface area contributed by atoms with Crippen molar-refractivity contribution in [2.24, 2.45) is 0 Å². The van der Waals surface area contributed by atoms with Gasteiger partial charge in [-0.3, -0.25) is 10.1 Å².